The summed E-state index contributed by atoms with van der Waals surface area (Å²) in [5.74, 6) is -0.0689. The van der Waals surface area contributed by atoms with E-state index in [-0.39, 0.29) is 11.8 Å². The SMILES string of the molecule is Cc1ccccc1CN1C(=O)C(=Cc2ccc(C(=O)NCCN3CCCC3)cc2)Sc2ccccc21. The number of thioether (sulfide) groups is 1. The zero-order valence-electron chi connectivity index (χ0n) is 20.6. The van der Waals surface area contributed by atoms with Crippen molar-refractivity contribution in [2.45, 2.75) is 31.2 Å². The summed E-state index contributed by atoms with van der Waals surface area (Å²) >= 11 is 1.50. The minimum absolute atomic E-state index is 0.00862. The van der Waals surface area contributed by atoms with Gasteiger partial charge in [-0.2, -0.15) is 0 Å². The molecule has 1 fully saturated rings. The molecule has 6 heteroatoms. The highest BCUT2D eigenvalue weighted by Gasteiger charge is 2.29. The summed E-state index contributed by atoms with van der Waals surface area (Å²) in [4.78, 5) is 32.1. The highest BCUT2D eigenvalue weighted by molar-refractivity contribution is 8.04. The van der Waals surface area contributed by atoms with E-state index in [4.69, 9.17) is 0 Å². The lowest BCUT2D eigenvalue weighted by molar-refractivity contribution is -0.114. The highest BCUT2D eigenvalue weighted by atomic mass is 32.2. The fourth-order valence-electron chi connectivity index (χ4n) is 4.69. The number of nitrogens with one attached hydrogen (secondary N) is 1. The zero-order valence-corrected chi connectivity index (χ0v) is 21.4. The normalized spacial score (nSPS) is 16.9. The number of nitrogens with zero attached hydrogens (tertiary/aromatic N) is 2. The molecule has 5 rings (SSSR count). The van der Waals surface area contributed by atoms with Crippen LogP contribution in [-0.4, -0.2) is 42.9 Å². The number of amides is 2. The Balaban J connectivity index is 1.31. The molecule has 2 heterocycles. The lowest BCUT2D eigenvalue weighted by Crippen LogP contribution is -2.34. The largest absolute Gasteiger partial charge is 0.351 e. The molecule has 0 bridgehead atoms. The molecule has 3 aromatic carbocycles. The predicted molar refractivity (Wildman–Crippen MR) is 147 cm³/mol. The Morgan fingerprint density at radius 2 is 1.69 bits per heavy atom. The van der Waals surface area contributed by atoms with Gasteiger partial charge in [0.2, 0.25) is 0 Å². The Morgan fingerprint density at radius 3 is 2.47 bits per heavy atom. The first kappa shape index (κ1) is 24.3. The van der Waals surface area contributed by atoms with Crippen molar-refractivity contribution in [3.05, 3.63) is 100.0 Å². The Morgan fingerprint density at radius 1 is 0.972 bits per heavy atom. The Kier molecular flexibility index (Phi) is 7.54. The standard InChI is InChI=1S/C30H31N3O2S/c1-22-8-2-3-9-25(22)21-33-26-10-4-5-11-27(26)36-28(30(33)35)20-23-12-14-24(15-13-23)29(34)31-16-19-32-17-6-7-18-32/h2-5,8-15,20H,6-7,16-19,21H2,1H3,(H,31,34). The van der Waals surface area contributed by atoms with Crippen LogP contribution in [-0.2, 0) is 11.3 Å². The number of carbonyl (C=O) groups excluding carboxylic acids is 2. The van der Waals surface area contributed by atoms with Crippen molar-refractivity contribution in [3.8, 4) is 0 Å². The number of para-hydroxylation sites is 1. The average molecular weight is 498 g/mol. The van der Waals surface area contributed by atoms with Crippen molar-refractivity contribution in [2.24, 2.45) is 0 Å². The molecule has 0 atom stereocenters. The molecular formula is C30H31N3O2S. The van der Waals surface area contributed by atoms with Gasteiger partial charge in [-0.1, -0.05) is 60.3 Å². The van der Waals surface area contributed by atoms with Crippen LogP contribution < -0.4 is 10.2 Å². The molecule has 0 aromatic heterocycles. The third-order valence-electron chi connectivity index (χ3n) is 6.80. The van der Waals surface area contributed by atoms with Gasteiger partial charge in [-0.3, -0.25) is 9.59 Å². The van der Waals surface area contributed by atoms with Gasteiger partial charge in [0.15, 0.2) is 0 Å². The number of benzene rings is 3. The van der Waals surface area contributed by atoms with E-state index >= 15 is 0 Å². The van der Waals surface area contributed by atoms with E-state index in [1.807, 2.05) is 65.6 Å². The topological polar surface area (TPSA) is 52.7 Å². The van der Waals surface area contributed by atoms with Crippen molar-refractivity contribution in [1.29, 1.82) is 0 Å². The molecule has 0 aliphatic carbocycles. The molecule has 36 heavy (non-hydrogen) atoms. The maximum Gasteiger partial charge on any atom is 0.265 e. The van der Waals surface area contributed by atoms with Gasteiger partial charge >= 0.3 is 0 Å². The van der Waals surface area contributed by atoms with Crippen molar-refractivity contribution in [1.82, 2.24) is 10.2 Å². The van der Waals surface area contributed by atoms with Gasteiger partial charge < -0.3 is 15.1 Å². The zero-order chi connectivity index (χ0) is 24.9. The minimum Gasteiger partial charge on any atom is -0.351 e. The van der Waals surface area contributed by atoms with Crippen LogP contribution in [0.1, 0.15) is 39.9 Å². The number of hydrogen-bond donors (Lipinski definition) is 1. The van der Waals surface area contributed by atoms with Crippen LogP contribution in [0.5, 0.6) is 0 Å². The maximum atomic E-state index is 13.6. The molecule has 0 radical (unpaired) electrons. The number of fused-ring (bicyclic) bond motifs is 1. The summed E-state index contributed by atoms with van der Waals surface area (Å²) in [6.45, 7) is 6.41. The van der Waals surface area contributed by atoms with Crippen LogP contribution in [0.25, 0.3) is 6.08 Å². The minimum atomic E-state index is -0.0603. The Labute approximate surface area is 217 Å². The van der Waals surface area contributed by atoms with Crippen molar-refractivity contribution in [3.63, 3.8) is 0 Å². The van der Waals surface area contributed by atoms with E-state index in [1.54, 1.807) is 0 Å². The number of likely N-dealkylation sites (tertiary alicyclic amines) is 1. The van der Waals surface area contributed by atoms with Crippen molar-refractivity contribution >= 4 is 35.3 Å². The molecule has 2 aliphatic rings. The van der Waals surface area contributed by atoms with Crippen LogP contribution in [0, 0.1) is 6.92 Å². The molecule has 2 amide bonds. The summed E-state index contributed by atoms with van der Waals surface area (Å²) in [6, 6.07) is 23.7. The van der Waals surface area contributed by atoms with Crippen molar-refractivity contribution in [2.75, 3.05) is 31.1 Å². The third kappa shape index (κ3) is 5.55. The molecule has 3 aromatic rings. The molecule has 5 nitrogen and oxygen atoms in total. The van der Waals surface area contributed by atoms with Crippen molar-refractivity contribution < 1.29 is 9.59 Å². The molecule has 184 valence electrons. The van der Waals surface area contributed by atoms with Crippen LogP contribution in [0.3, 0.4) is 0 Å². The lowest BCUT2D eigenvalue weighted by atomic mass is 10.1. The number of carbonyl (C=O) groups is 2. The number of rotatable bonds is 7. The van der Waals surface area contributed by atoms with E-state index in [0.717, 1.165) is 41.3 Å². The van der Waals surface area contributed by atoms with Crippen LogP contribution in [0.4, 0.5) is 5.69 Å². The molecule has 1 saturated heterocycles. The fraction of sp³-hybridized carbons (Fsp3) is 0.267. The maximum absolute atomic E-state index is 13.6. The summed E-state index contributed by atoms with van der Waals surface area (Å²) in [6.07, 6.45) is 4.42. The smallest absolute Gasteiger partial charge is 0.265 e. The summed E-state index contributed by atoms with van der Waals surface area (Å²) in [5.41, 5.74) is 4.77. The van der Waals surface area contributed by atoms with E-state index in [2.05, 4.69) is 35.3 Å². The lowest BCUT2D eigenvalue weighted by Gasteiger charge is -2.31. The van der Waals surface area contributed by atoms with Gasteiger partial charge in [0, 0.05) is 23.5 Å². The quantitative estimate of drug-likeness (QED) is 0.438. The van der Waals surface area contributed by atoms with Gasteiger partial charge in [0.25, 0.3) is 11.8 Å². The van der Waals surface area contributed by atoms with Crippen LogP contribution >= 0.6 is 11.8 Å². The Bertz CT molecular complexity index is 1280. The summed E-state index contributed by atoms with van der Waals surface area (Å²) in [5, 5.41) is 3.02. The molecule has 0 unspecified atom stereocenters. The number of aryl methyl sites for hydroxylation is 1. The average Bonchev–Trinajstić information content (AvgIpc) is 3.41. The first-order chi connectivity index (χ1) is 17.6. The molecular weight excluding hydrogens is 466 g/mol. The Hall–Kier alpha value is -3.35. The molecule has 2 aliphatic heterocycles. The monoisotopic (exact) mass is 497 g/mol. The van der Waals surface area contributed by atoms with Gasteiger partial charge in [-0.05, 0) is 79.9 Å². The van der Waals surface area contributed by atoms with E-state index < -0.39 is 0 Å². The number of anilines is 1. The van der Waals surface area contributed by atoms with Crippen LogP contribution in [0.15, 0.2) is 82.6 Å². The second-order valence-electron chi connectivity index (χ2n) is 9.32. The van der Waals surface area contributed by atoms with Gasteiger partial charge in [-0.15, -0.1) is 0 Å². The first-order valence-corrected chi connectivity index (χ1v) is 13.4. The summed E-state index contributed by atoms with van der Waals surface area (Å²) in [7, 11) is 0. The third-order valence-corrected chi connectivity index (χ3v) is 7.88. The van der Waals surface area contributed by atoms with Gasteiger partial charge in [0.05, 0.1) is 17.1 Å². The van der Waals surface area contributed by atoms with E-state index in [1.165, 1.54) is 30.2 Å². The van der Waals surface area contributed by atoms with Gasteiger partial charge in [-0.25, -0.2) is 0 Å². The van der Waals surface area contributed by atoms with E-state index in [0.29, 0.717) is 23.6 Å². The predicted octanol–water partition coefficient (Wildman–Crippen LogP) is 5.50. The number of hydrogen-bond acceptors (Lipinski definition) is 4. The molecule has 0 spiro atoms. The second kappa shape index (κ2) is 11.1. The first-order valence-electron chi connectivity index (χ1n) is 12.5. The van der Waals surface area contributed by atoms with Crippen LogP contribution in [0.2, 0.25) is 0 Å². The van der Waals surface area contributed by atoms with Gasteiger partial charge in [0.1, 0.15) is 0 Å². The fourth-order valence-corrected chi connectivity index (χ4v) is 5.75. The molecule has 0 saturated carbocycles. The van der Waals surface area contributed by atoms with E-state index in [9.17, 15) is 9.59 Å². The molecule has 1 N–H and O–H groups in total. The highest BCUT2D eigenvalue weighted by Crippen LogP contribution is 2.42. The second-order valence-corrected chi connectivity index (χ2v) is 10.4. The summed E-state index contributed by atoms with van der Waals surface area (Å²) < 4.78 is 0.